The van der Waals surface area contributed by atoms with E-state index in [2.05, 4.69) is 4.90 Å². The molecular formula is C15H15F3N2O. The number of halogens is 3. The molecule has 0 N–H and O–H groups in total. The fourth-order valence-corrected chi connectivity index (χ4v) is 3.20. The van der Waals surface area contributed by atoms with E-state index in [1.165, 1.54) is 12.1 Å². The van der Waals surface area contributed by atoms with E-state index >= 15 is 0 Å². The molecule has 2 aliphatic rings. The van der Waals surface area contributed by atoms with Crippen LogP contribution < -0.4 is 4.90 Å². The lowest BCUT2D eigenvalue weighted by Gasteiger charge is -2.24. The largest absolute Gasteiger partial charge is 0.417 e. The molecule has 0 radical (unpaired) electrons. The number of rotatable bonds is 1. The molecule has 6 heteroatoms. The Morgan fingerprint density at radius 1 is 1.29 bits per heavy atom. The van der Waals surface area contributed by atoms with Gasteiger partial charge in [-0.3, -0.25) is 0 Å². The molecule has 112 valence electrons. The third-order valence-corrected chi connectivity index (χ3v) is 4.42. The molecule has 3 nitrogen and oxygen atoms in total. The van der Waals surface area contributed by atoms with Crippen molar-refractivity contribution < 1.29 is 17.9 Å². The number of hydrogen-bond donors (Lipinski definition) is 0. The Kier molecular flexibility index (Phi) is 3.33. The van der Waals surface area contributed by atoms with E-state index in [4.69, 9.17) is 10.00 Å². The first-order valence-electron chi connectivity index (χ1n) is 6.88. The summed E-state index contributed by atoms with van der Waals surface area (Å²) in [5.41, 5.74) is -0.367. The number of anilines is 1. The van der Waals surface area contributed by atoms with Crippen molar-refractivity contribution in [1.82, 2.24) is 0 Å². The van der Waals surface area contributed by atoms with E-state index in [0.717, 1.165) is 45.2 Å². The zero-order chi connectivity index (χ0) is 15.1. The molecule has 0 bridgehead atoms. The first kappa shape index (κ1) is 14.2. The van der Waals surface area contributed by atoms with Crippen LogP contribution >= 0.6 is 0 Å². The molecule has 0 saturated carbocycles. The minimum atomic E-state index is -4.49. The van der Waals surface area contributed by atoms with Gasteiger partial charge in [0.25, 0.3) is 0 Å². The van der Waals surface area contributed by atoms with Crippen LogP contribution in [0.25, 0.3) is 0 Å². The highest BCUT2D eigenvalue weighted by Gasteiger charge is 2.41. The summed E-state index contributed by atoms with van der Waals surface area (Å²) in [6.07, 6.45) is -2.51. The van der Waals surface area contributed by atoms with Crippen molar-refractivity contribution in [2.45, 2.75) is 19.0 Å². The van der Waals surface area contributed by atoms with Gasteiger partial charge < -0.3 is 9.64 Å². The molecule has 3 rings (SSSR count). The maximum absolute atomic E-state index is 12.8. The summed E-state index contributed by atoms with van der Waals surface area (Å²) in [7, 11) is 0. The summed E-state index contributed by atoms with van der Waals surface area (Å²) >= 11 is 0. The number of ether oxygens (including phenoxy) is 1. The van der Waals surface area contributed by atoms with Crippen molar-refractivity contribution >= 4 is 5.69 Å². The molecule has 21 heavy (non-hydrogen) atoms. The van der Waals surface area contributed by atoms with Crippen molar-refractivity contribution in [2.75, 3.05) is 31.2 Å². The average molecular weight is 296 g/mol. The second-order valence-corrected chi connectivity index (χ2v) is 5.81. The van der Waals surface area contributed by atoms with Crippen molar-refractivity contribution in [3.05, 3.63) is 29.3 Å². The van der Waals surface area contributed by atoms with Crippen molar-refractivity contribution in [3.8, 4) is 6.07 Å². The lowest BCUT2D eigenvalue weighted by Crippen LogP contribution is -2.27. The molecule has 1 unspecified atom stereocenters. The second kappa shape index (κ2) is 4.92. The van der Waals surface area contributed by atoms with Crippen LogP contribution in [-0.2, 0) is 10.9 Å². The summed E-state index contributed by atoms with van der Waals surface area (Å²) < 4.78 is 43.9. The minimum Gasteiger partial charge on any atom is -0.381 e. The quantitative estimate of drug-likeness (QED) is 0.798. The van der Waals surface area contributed by atoms with Crippen molar-refractivity contribution in [2.24, 2.45) is 5.41 Å². The maximum atomic E-state index is 12.8. The highest BCUT2D eigenvalue weighted by Crippen LogP contribution is 2.41. The molecule has 2 aliphatic heterocycles. The SMILES string of the molecule is N#Cc1cc(N2CCC3(CCOC3)C2)ccc1C(F)(F)F. The number of nitriles is 1. The lowest BCUT2D eigenvalue weighted by molar-refractivity contribution is -0.137. The fraction of sp³-hybridized carbons (Fsp3) is 0.533. The molecule has 0 aromatic heterocycles. The van der Waals surface area contributed by atoms with Gasteiger partial charge in [0.05, 0.1) is 23.8 Å². The molecule has 1 aromatic rings. The van der Waals surface area contributed by atoms with E-state index in [-0.39, 0.29) is 11.0 Å². The highest BCUT2D eigenvalue weighted by atomic mass is 19.4. The van der Waals surface area contributed by atoms with Crippen LogP contribution in [0.4, 0.5) is 18.9 Å². The third kappa shape index (κ3) is 2.58. The predicted octanol–water partition coefficient (Wildman–Crippen LogP) is 3.19. The summed E-state index contributed by atoms with van der Waals surface area (Å²) in [4.78, 5) is 2.05. The van der Waals surface area contributed by atoms with E-state index in [9.17, 15) is 13.2 Å². The van der Waals surface area contributed by atoms with Gasteiger partial charge in [0.1, 0.15) is 0 Å². The van der Waals surface area contributed by atoms with E-state index < -0.39 is 11.7 Å². The Morgan fingerprint density at radius 3 is 2.71 bits per heavy atom. The van der Waals surface area contributed by atoms with Gasteiger partial charge in [-0.15, -0.1) is 0 Å². The molecule has 1 aromatic carbocycles. The van der Waals surface area contributed by atoms with Gasteiger partial charge in [0, 0.05) is 30.8 Å². The van der Waals surface area contributed by atoms with Crippen LogP contribution in [0.1, 0.15) is 24.0 Å². The Bertz CT molecular complexity index is 586. The summed E-state index contributed by atoms with van der Waals surface area (Å²) in [5.74, 6) is 0. The minimum absolute atomic E-state index is 0.134. The average Bonchev–Trinajstić information content (AvgIpc) is 3.08. The van der Waals surface area contributed by atoms with Crippen molar-refractivity contribution in [1.29, 1.82) is 5.26 Å². The van der Waals surface area contributed by atoms with E-state index in [0.29, 0.717) is 5.69 Å². The number of hydrogen-bond acceptors (Lipinski definition) is 3. The van der Waals surface area contributed by atoms with Gasteiger partial charge in [-0.1, -0.05) is 0 Å². The molecule has 2 heterocycles. The summed E-state index contributed by atoms with van der Waals surface area (Å²) in [5, 5.41) is 8.97. The highest BCUT2D eigenvalue weighted by molar-refractivity contribution is 5.56. The normalized spacial score (nSPS) is 25.5. The van der Waals surface area contributed by atoms with Crippen LogP contribution in [0.2, 0.25) is 0 Å². The van der Waals surface area contributed by atoms with E-state index in [1.54, 1.807) is 6.07 Å². The van der Waals surface area contributed by atoms with Gasteiger partial charge in [-0.05, 0) is 31.0 Å². The Hall–Kier alpha value is -1.74. The Balaban J connectivity index is 1.86. The third-order valence-electron chi connectivity index (χ3n) is 4.42. The van der Waals surface area contributed by atoms with Crippen LogP contribution in [-0.4, -0.2) is 26.3 Å². The Morgan fingerprint density at radius 2 is 2.10 bits per heavy atom. The van der Waals surface area contributed by atoms with Crippen LogP contribution in [0.5, 0.6) is 0 Å². The van der Waals surface area contributed by atoms with Crippen LogP contribution in [0.3, 0.4) is 0 Å². The molecule has 0 amide bonds. The number of alkyl halides is 3. The number of nitrogens with zero attached hydrogens (tertiary/aromatic N) is 2. The van der Waals surface area contributed by atoms with Crippen molar-refractivity contribution in [3.63, 3.8) is 0 Å². The lowest BCUT2D eigenvalue weighted by atomic mass is 9.87. The first-order valence-corrected chi connectivity index (χ1v) is 6.88. The monoisotopic (exact) mass is 296 g/mol. The first-order chi connectivity index (χ1) is 9.93. The molecular weight excluding hydrogens is 281 g/mol. The van der Waals surface area contributed by atoms with Crippen LogP contribution in [0.15, 0.2) is 18.2 Å². The zero-order valence-corrected chi connectivity index (χ0v) is 11.4. The van der Waals surface area contributed by atoms with Gasteiger partial charge >= 0.3 is 6.18 Å². The number of benzene rings is 1. The topological polar surface area (TPSA) is 36.3 Å². The second-order valence-electron chi connectivity index (χ2n) is 5.81. The van der Waals surface area contributed by atoms with Crippen LogP contribution in [0, 0.1) is 16.7 Å². The molecule has 2 saturated heterocycles. The molecule has 1 atom stereocenters. The predicted molar refractivity (Wildman–Crippen MR) is 70.9 cm³/mol. The smallest absolute Gasteiger partial charge is 0.381 e. The summed E-state index contributed by atoms with van der Waals surface area (Å²) in [6, 6.07) is 5.46. The summed E-state index contributed by atoms with van der Waals surface area (Å²) in [6.45, 7) is 3.04. The van der Waals surface area contributed by atoms with Gasteiger partial charge in [-0.2, -0.15) is 18.4 Å². The maximum Gasteiger partial charge on any atom is 0.417 e. The van der Waals surface area contributed by atoms with Gasteiger partial charge in [-0.25, -0.2) is 0 Å². The molecule has 0 aliphatic carbocycles. The zero-order valence-electron chi connectivity index (χ0n) is 11.4. The van der Waals surface area contributed by atoms with Gasteiger partial charge in [0.15, 0.2) is 0 Å². The standard InChI is InChI=1S/C15H15F3N2O/c16-15(17,18)13-2-1-12(7-11(13)8-19)20-5-3-14(9-20)4-6-21-10-14/h1-2,7H,3-6,9-10H2. The van der Waals surface area contributed by atoms with E-state index in [1.807, 2.05) is 0 Å². The molecule has 1 spiro atoms. The fourth-order valence-electron chi connectivity index (χ4n) is 3.20. The van der Waals surface area contributed by atoms with Gasteiger partial charge in [0.2, 0.25) is 0 Å². The molecule has 2 fully saturated rings. The Labute approximate surface area is 120 Å².